The summed E-state index contributed by atoms with van der Waals surface area (Å²) < 4.78 is 49.1. The molecule has 1 fully saturated rings. The predicted octanol–water partition coefficient (Wildman–Crippen LogP) is 7.55. The van der Waals surface area contributed by atoms with E-state index in [9.17, 15) is 23.2 Å². The third-order valence-electron chi connectivity index (χ3n) is 7.79. The SMILES string of the molecule is CCCOC(=O)N(c1cc(Cl)c2ncc(C#N)c(NCC(C)(C)C)c2c1)[C@H](c1cn(C2(C(F)F)CC2)nn1)c1ccc(F)nc1C. The van der Waals surface area contributed by atoms with Gasteiger partial charge in [0.25, 0.3) is 6.43 Å². The lowest BCUT2D eigenvalue weighted by Gasteiger charge is -2.31. The molecule has 1 aromatic carbocycles. The lowest BCUT2D eigenvalue weighted by Crippen LogP contribution is -2.37. The van der Waals surface area contributed by atoms with Crippen LogP contribution < -0.4 is 10.2 Å². The normalized spacial score (nSPS) is 14.6. The number of ether oxygens (including phenoxy) is 1. The molecule has 46 heavy (non-hydrogen) atoms. The maximum atomic E-state index is 14.2. The van der Waals surface area contributed by atoms with Crippen LogP contribution >= 0.6 is 11.6 Å². The summed E-state index contributed by atoms with van der Waals surface area (Å²) in [5, 5.41) is 22.2. The number of anilines is 2. The summed E-state index contributed by atoms with van der Waals surface area (Å²) in [6, 6.07) is 6.78. The van der Waals surface area contributed by atoms with Crippen LogP contribution in [-0.4, -0.2) is 50.6 Å². The number of carbonyl (C=O) groups excluding carboxylic acids is 1. The standard InChI is InChI=1S/C32H34ClF3N8O2/c1-6-11-46-30(45)44(20-12-22-26(39-17-31(3,4)5)19(14-37)15-38-27(22)23(33)13-20)28(21-7-8-25(34)40-18(21)2)24-16-43(42-41-24)32(9-10-32)29(35)36/h7-8,12-13,15-16,28-29H,6,9-11,17H2,1-5H3,(H,38,39)/t28-/m0/s1. The Morgan fingerprint density at radius 3 is 2.63 bits per heavy atom. The van der Waals surface area contributed by atoms with Crippen molar-refractivity contribution in [1.82, 2.24) is 25.0 Å². The van der Waals surface area contributed by atoms with Gasteiger partial charge in [-0.1, -0.05) is 50.6 Å². The maximum absolute atomic E-state index is 14.2. The minimum Gasteiger partial charge on any atom is -0.449 e. The number of nitriles is 1. The molecule has 1 N–H and O–H groups in total. The number of rotatable bonds is 10. The van der Waals surface area contributed by atoms with Gasteiger partial charge in [0.1, 0.15) is 23.3 Å². The van der Waals surface area contributed by atoms with Gasteiger partial charge in [0.15, 0.2) is 0 Å². The van der Waals surface area contributed by atoms with E-state index >= 15 is 0 Å². The quantitative estimate of drug-likeness (QED) is 0.174. The van der Waals surface area contributed by atoms with Crippen molar-refractivity contribution in [2.75, 3.05) is 23.4 Å². The van der Waals surface area contributed by atoms with Crippen LogP contribution in [0.2, 0.25) is 5.02 Å². The van der Waals surface area contributed by atoms with Gasteiger partial charge in [-0.05, 0) is 49.8 Å². The second kappa shape index (κ2) is 12.7. The summed E-state index contributed by atoms with van der Waals surface area (Å²) in [6.07, 6.45) is 0.277. The molecule has 242 valence electrons. The first-order valence-electron chi connectivity index (χ1n) is 14.9. The van der Waals surface area contributed by atoms with Crippen LogP contribution in [0.25, 0.3) is 10.9 Å². The molecular formula is C32H34ClF3N8O2. The van der Waals surface area contributed by atoms with Crippen molar-refractivity contribution < 1.29 is 22.7 Å². The Morgan fingerprint density at radius 2 is 2.02 bits per heavy atom. The van der Waals surface area contributed by atoms with Crippen molar-refractivity contribution in [3.8, 4) is 6.07 Å². The van der Waals surface area contributed by atoms with Crippen molar-refractivity contribution in [2.45, 2.75) is 71.9 Å². The molecule has 0 aliphatic heterocycles. The highest BCUT2D eigenvalue weighted by molar-refractivity contribution is 6.36. The fourth-order valence-electron chi connectivity index (χ4n) is 5.19. The average Bonchev–Trinajstić information content (AvgIpc) is 3.67. The molecule has 1 saturated carbocycles. The molecule has 3 heterocycles. The van der Waals surface area contributed by atoms with Crippen LogP contribution in [-0.2, 0) is 10.3 Å². The first-order chi connectivity index (χ1) is 21.8. The lowest BCUT2D eigenvalue weighted by molar-refractivity contribution is 0.0593. The summed E-state index contributed by atoms with van der Waals surface area (Å²) in [7, 11) is 0. The number of alkyl halides is 2. The lowest BCUT2D eigenvalue weighted by atomic mass is 9.96. The number of fused-ring (bicyclic) bond motifs is 1. The van der Waals surface area contributed by atoms with E-state index in [0.29, 0.717) is 35.1 Å². The van der Waals surface area contributed by atoms with Gasteiger partial charge < -0.3 is 10.1 Å². The fourth-order valence-corrected chi connectivity index (χ4v) is 5.45. The van der Waals surface area contributed by atoms with Gasteiger partial charge in [-0.25, -0.2) is 23.2 Å². The summed E-state index contributed by atoms with van der Waals surface area (Å²) in [4.78, 5) is 23.7. The number of hydrogen-bond donors (Lipinski definition) is 1. The third-order valence-corrected chi connectivity index (χ3v) is 8.08. The molecule has 0 unspecified atom stereocenters. The average molecular weight is 655 g/mol. The number of carbonyl (C=O) groups is 1. The van der Waals surface area contributed by atoms with Gasteiger partial charge in [-0.3, -0.25) is 9.88 Å². The topological polar surface area (TPSA) is 122 Å². The number of nitrogens with zero attached hydrogens (tertiary/aromatic N) is 7. The molecule has 1 aliphatic rings. The largest absolute Gasteiger partial charge is 0.449 e. The Morgan fingerprint density at radius 1 is 1.28 bits per heavy atom. The number of benzene rings is 1. The Bertz CT molecular complexity index is 1810. The van der Waals surface area contributed by atoms with Gasteiger partial charge in [-0.2, -0.15) is 9.65 Å². The molecule has 3 aromatic heterocycles. The summed E-state index contributed by atoms with van der Waals surface area (Å²) >= 11 is 6.80. The smallest absolute Gasteiger partial charge is 0.415 e. The van der Waals surface area contributed by atoms with Gasteiger partial charge in [0.2, 0.25) is 5.95 Å². The minimum atomic E-state index is -2.68. The molecule has 0 saturated heterocycles. The van der Waals surface area contributed by atoms with Gasteiger partial charge >= 0.3 is 6.09 Å². The number of pyridine rings is 2. The molecule has 4 aromatic rings. The van der Waals surface area contributed by atoms with Gasteiger partial charge in [-0.15, -0.1) is 5.10 Å². The number of aromatic nitrogens is 5. The molecule has 1 amide bonds. The van der Waals surface area contributed by atoms with Crippen molar-refractivity contribution in [1.29, 1.82) is 5.26 Å². The molecule has 5 rings (SSSR count). The number of nitrogens with one attached hydrogen (secondary N) is 1. The van der Waals surface area contributed by atoms with E-state index in [1.54, 1.807) is 13.0 Å². The first kappa shape index (κ1) is 32.9. The van der Waals surface area contributed by atoms with E-state index in [1.165, 1.54) is 29.4 Å². The van der Waals surface area contributed by atoms with Gasteiger partial charge in [0.05, 0.1) is 40.3 Å². The molecule has 1 atom stereocenters. The van der Waals surface area contributed by atoms with Crippen LogP contribution in [0.15, 0.2) is 36.7 Å². The number of amides is 1. The monoisotopic (exact) mass is 654 g/mol. The second-order valence-corrected chi connectivity index (χ2v) is 13.0. The molecular weight excluding hydrogens is 621 g/mol. The third kappa shape index (κ3) is 6.44. The summed E-state index contributed by atoms with van der Waals surface area (Å²) in [5.74, 6) is -0.739. The Hall–Kier alpha value is -4.44. The van der Waals surface area contributed by atoms with Crippen molar-refractivity contribution in [3.63, 3.8) is 0 Å². The number of aryl methyl sites for hydroxylation is 1. The van der Waals surface area contributed by atoms with E-state index in [4.69, 9.17) is 16.3 Å². The number of hydrogen-bond acceptors (Lipinski definition) is 8. The van der Waals surface area contributed by atoms with Crippen LogP contribution in [0.3, 0.4) is 0 Å². The van der Waals surface area contributed by atoms with E-state index in [2.05, 4.69) is 31.7 Å². The van der Waals surface area contributed by atoms with E-state index in [-0.39, 0.29) is 52.5 Å². The van der Waals surface area contributed by atoms with E-state index in [1.807, 2.05) is 27.7 Å². The zero-order chi connectivity index (χ0) is 33.4. The summed E-state index contributed by atoms with van der Waals surface area (Å²) in [6.45, 7) is 10.1. The molecule has 0 spiro atoms. The Kier molecular flexibility index (Phi) is 9.13. The van der Waals surface area contributed by atoms with Crippen LogP contribution in [0.1, 0.15) is 75.5 Å². The zero-order valence-corrected chi connectivity index (χ0v) is 26.9. The van der Waals surface area contributed by atoms with Crippen molar-refractivity contribution in [2.24, 2.45) is 5.41 Å². The fraction of sp³-hybridized carbons (Fsp3) is 0.438. The van der Waals surface area contributed by atoms with Gasteiger partial charge in [0, 0.05) is 29.4 Å². The van der Waals surface area contributed by atoms with Crippen LogP contribution in [0, 0.1) is 29.6 Å². The van der Waals surface area contributed by atoms with E-state index < -0.39 is 30.0 Å². The Labute approximate surface area is 269 Å². The van der Waals surface area contributed by atoms with Crippen LogP contribution in [0.4, 0.5) is 29.3 Å². The molecule has 0 radical (unpaired) electrons. The molecule has 10 nitrogen and oxygen atoms in total. The minimum absolute atomic E-state index is 0.0731. The van der Waals surface area contributed by atoms with Crippen LogP contribution in [0.5, 0.6) is 0 Å². The van der Waals surface area contributed by atoms with E-state index in [0.717, 1.165) is 10.7 Å². The molecule has 14 heteroatoms. The number of halogens is 4. The zero-order valence-electron chi connectivity index (χ0n) is 26.1. The summed E-state index contributed by atoms with van der Waals surface area (Å²) in [5.41, 5.74) is 0.436. The molecule has 0 bridgehead atoms. The highest BCUT2D eigenvalue weighted by Crippen LogP contribution is 2.48. The highest BCUT2D eigenvalue weighted by atomic mass is 35.5. The van der Waals surface area contributed by atoms with Crippen molar-refractivity contribution in [3.05, 3.63) is 70.1 Å². The molecule has 1 aliphatic carbocycles. The predicted molar refractivity (Wildman–Crippen MR) is 168 cm³/mol. The maximum Gasteiger partial charge on any atom is 0.415 e. The Balaban J connectivity index is 1.76. The van der Waals surface area contributed by atoms with Crippen molar-refractivity contribution >= 4 is 40.0 Å². The second-order valence-electron chi connectivity index (χ2n) is 12.6. The first-order valence-corrected chi connectivity index (χ1v) is 15.2. The highest BCUT2D eigenvalue weighted by Gasteiger charge is 2.54.